The Bertz CT molecular complexity index is 452. The molecule has 1 unspecified atom stereocenters. The fraction of sp³-hybridized carbons (Fsp3) is 0.643. The third kappa shape index (κ3) is 4.45. The van der Waals surface area contributed by atoms with Gasteiger partial charge in [-0.05, 0) is 37.9 Å². The number of aliphatic hydroxyl groups excluding tert-OH is 1. The summed E-state index contributed by atoms with van der Waals surface area (Å²) in [5.74, 6) is 0.391. The van der Waals surface area contributed by atoms with Crippen LogP contribution in [0.4, 0.5) is 0 Å². The molecule has 0 saturated carbocycles. The number of thiophene rings is 1. The zero-order valence-corrected chi connectivity index (χ0v) is 13.3. The molecule has 112 valence electrons. The lowest BCUT2D eigenvalue weighted by Crippen LogP contribution is -2.44. The molecular formula is C14H21ClN2O2S. The van der Waals surface area contributed by atoms with E-state index in [1.807, 2.05) is 29.0 Å². The topological polar surface area (TPSA) is 43.8 Å². The first kappa shape index (κ1) is 15.8. The summed E-state index contributed by atoms with van der Waals surface area (Å²) in [4.78, 5) is 17.3. The number of likely N-dealkylation sites (tertiary alicyclic amines) is 1. The molecule has 4 nitrogen and oxygen atoms in total. The van der Waals surface area contributed by atoms with Gasteiger partial charge in [-0.1, -0.05) is 11.6 Å². The highest BCUT2D eigenvalue weighted by Gasteiger charge is 2.23. The number of amides is 1. The van der Waals surface area contributed by atoms with Crippen molar-refractivity contribution in [2.24, 2.45) is 5.92 Å². The molecule has 1 aliphatic heterocycles. The molecule has 6 heteroatoms. The van der Waals surface area contributed by atoms with E-state index in [-0.39, 0.29) is 18.4 Å². The first-order chi connectivity index (χ1) is 9.58. The van der Waals surface area contributed by atoms with E-state index >= 15 is 0 Å². The molecule has 1 amide bonds. The van der Waals surface area contributed by atoms with Crippen LogP contribution in [0.1, 0.15) is 17.7 Å². The smallest absolute Gasteiger partial charge is 0.236 e. The molecule has 1 aromatic heterocycles. The minimum Gasteiger partial charge on any atom is -0.396 e. The van der Waals surface area contributed by atoms with Crippen LogP contribution < -0.4 is 0 Å². The highest BCUT2D eigenvalue weighted by Crippen LogP contribution is 2.22. The predicted molar refractivity (Wildman–Crippen MR) is 82.1 cm³/mol. The first-order valence-corrected chi connectivity index (χ1v) is 8.09. The van der Waals surface area contributed by atoms with Gasteiger partial charge in [0.05, 0.1) is 10.9 Å². The van der Waals surface area contributed by atoms with E-state index in [4.69, 9.17) is 11.6 Å². The molecule has 2 rings (SSSR count). The quantitative estimate of drug-likeness (QED) is 0.904. The molecule has 1 fully saturated rings. The molecule has 0 spiro atoms. The number of rotatable bonds is 5. The summed E-state index contributed by atoms with van der Waals surface area (Å²) in [5.41, 5.74) is 0. The van der Waals surface area contributed by atoms with Crippen LogP contribution in [0.5, 0.6) is 0 Å². The number of likely N-dealkylation sites (N-methyl/N-ethyl adjacent to an activating group) is 1. The number of aliphatic hydroxyl groups is 1. The summed E-state index contributed by atoms with van der Waals surface area (Å²) < 4.78 is 0.779. The molecule has 20 heavy (non-hydrogen) atoms. The Hall–Kier alpha value is -0.620. The van der Waals surface area contributed by atoms with Crippen LogP contribution in [0.3, 0.4) is 0 Å². The van der Waals surface area contributed by atoms with Crippen molar-refractivity contribution >= 4 is 28.8 Å². The SMILES string of the molecule is CN(CC(=O)N1CCCC(CO)C1)Cc1ccc(Cl)s1. The Morgan fingerprint density at radius 1 is 1.60 bits per heavy atom. The van der Waals surface area contributed by atoms with Gasteiger partial charge in [-0.15, -0.1) is 11.3 Å². The van der Waals surface area contributed by atoms with Gasteiger partial charge in [0.25, 0.3) is 0 Å². The van der Waals surface area contributed by atoms with Gasteiger partial charge in [0, 0.05) is 31.1 Å². The van der Waals surface area contributed by atoms with Crippen molar-refractivity contribution in [1.29, 1.82) is 0 Å². The third-order valence-corrected chi connectivity index (χ3v) is 4.81. The second kappa shape index (κ2) is 7.41. The van der Waals surface area contributed by atoms with Gasteiger partial charge in [0.2, 0.25) is 5.91 Å². The summed E-state index contributed by atoms with van der Waals surface area (Å²) >= 11 is 7.45. The molecule has 1 N–H and O–H groups in total. The van der Waals surface area contributed by atoms with Crippen LogP contribution in [0.2, 0.25) is 4.34 Å². The van der Waals surface area contributed by atoms with Crippen LogP contribution in [0, 0.1) is 5.92 Å². The fourth-order valence-corrected chi connectivity index (χ4v) is 3.70. The lowest BCUT2D eigenvalue weighted by molar-refractivity contribution is -0.134. The van der Waals surface area contributed by atoms with E-state index < -0.39 is 0 Å². The van der Waals surface area contributed by atoms with Gasteiger partial charge in [-0.3, -0.25) is 9.69 Å². The Labute approximate surface area is 128 Å². The van der Waals surface area contributed by atoms with Crippen molar-refractivity contribution in [2.75, 3.05) is 33.3 Å². The number of piperidine rings is 1. The summed E-state index contributed by atoms with van der Waals surface area (Å²) in [6.45, 7) is 2.82. The monoisotopic (exact) mass is 316 g/mol. The normalized spacial score (nSPS) is 19.6. The van der Waals surface area contributed by atoms with Gasteiger partial charge >= 0.3 is 0 Å². The number of hydrogen-bond donors (Lipinski definition) is 1. The molecule has 1 atom stereocenters. The van der Waals surface area contributed by atoms with Crippen LogP contribution in [0.15, 0.2) is 12.1 Å². The first-order valence-electron chi connectivity index (χ1n) is 6.90. The molecule has 0 aromatic carbocycles. The Morgan fingerprint density at radius 3 is 3.05 bits per heavy atom. The number of nitrogens with zero attached hydrogens (tertiary/aromatic N) is 2. The maximum Gasteiger partial charge on any atom is 0.236 e. The molecular weight excluding hydrogens is 296 g/mol. The average molecular weight is 317 g/mol. The van der Waals surface area contributed by atoms with Gasteiger partial charge in [-0.25, -0.2) is 0 Å². The van der Waals surface area contributed by atoms with Crippen molar-refractivity contribution in [3.8, 4) is 0 Å². The molecule has 0 bridgehead atoms. The van der Waals surface area contributed by atoms with E-state index in [0.29, 0.717) is 13.1 Å². The Balaban J connectivity index is 1.81. The van der Waals surface area contributed by atoms with E-state index in [1.54, 1.807) is 11.3 Å². The highest BCUT2D eigenvalue weighted by atomic mass is 35.5. The molecule has 1 aliphatic rings. The zero-order valence-electron chi connectivity index (χ0n) is 11.7. The molecule has 2 heterocycles. The standard InChI is InChI=1S/C14H21ClN2O2S/c1-16(8-12-4-5-13(15)20-12)9-14(19)17-6-2-3-11(7-17)10-18/h4-5,11,18H,2-3,6-10H2,1H3. The van der Waals surface area contributed by atoms with Crippen molar-refractivity contribution in [2.45, 2.75) is 19.4 Å². The second-order valence-electron chi connectivity index (χ2n) is 5.41. The molecule has 0 aliphatic carbocycles. The van der Waals surface area contributed by atoms with Gasteiger partial charge in [-0.2, -0.15) is 0 Å². The summed E-state index contributed by atoms with van der Waals surface area (Å²) in [5, 5.41) is 9.21. The maximum atomic E-state index is 12.2. The van der Waals surface area contributed by atoms with Crippen LogP contribution in [-0.4, -0.2) is 54.1 Å². The van der Waals surface area contributed by atoms with E-state index in [2.05, 4.69) is 0 Å². The van der Waals surface area contributed by atoms with Gasteiger partial charge in [0.1, 0.15) is 0 Å². The molecule has 0 radical (unpaired) electrons. The summed E-state index contributed by atoms with van der Waals surface area (Å²) in [6.07, 6.45) is 2.00. The molecule has 1 aromatic rings. The Morgan fingerprint density at radius 2 is 2.40 bits per heavy atom. The minimum absolute atomic E-state index is 0.147. The van der Waals surface area contributed by atoms with Gasteiger partial charge < -0.3 is 10.0 Å². The van der Waals surface area contributed by atoms with E-state index in [1.165, 1.54) is 0 Å². The van der Waals surface area contributed by atoms with Crippen LogP contribution >= 0.6 is 22.9 Å². The van der Waals surface area contributed by atoms with E-state index in [0.717, 1.165) is 35.1 Å². The van der Waals surface area contributed by atoms with Crippen molar-refractivity contribution in [3.05, 3.63) is 21.3 Å². The zero-order chi connectivity index (χ0) is 14.5. The number of halogens is 1. The van der Waals surface area contributed by atoms with E-state index in [9.17, 15) is 9.90 Å². The summed E-state index contributed by atoms with van der Waals surface area (Å²) in [7, 11) is 1.94. The van der Waals surface area contributed by atoms with Crippen molar-refractivity contribution in [1.82, 2.24) is 9.80 Å². The fourth-order valence-electron chi connectivity index (χ4n) is 2.53. The lowest BCUT2D eigenvalue weighted by Gasteiger charge is -2.33. The largest absolute Gasteiger partial charge is 0.396 e. The van der Waals surface area contributed by atoms with Crippen molar-refractivity contribution in [3.63, 3.8) is 0 Å². The van der Waals surface area contributed by atoms with Crippen LogP contribution in [-0.2, 0) is 11.3 Å². The maximum absolute atomic E-state index is 12.2. The molecule has 1 saturated heterocycles. The Kier molecular flexibility index (Phi) is 5.84. The number of carbonyl (C=O) groups excluding carboxylic acids is 1. The number of carbonyl (C=O) groups is 1. The third-order valence-electron chi connectivity index (χ3n) is 3.59. The number of hydrogen-bond acceptors (Lipinski definition) is 4. The van der Waals surface area contributed by atoms with Crippen LogP contribution in [0.25, 0.3) is 0 Å². The predicted octanol–water partition coefficient (Wildman–Crippen LogP) is 2.06. The highest BCUT2D eigenvalue weighted by molar-refractivity contribution is 7.16. The minimum atomic E-state index is 0.147. The lowest BCUT2D eigenvalue weighted by atomic mass is 9.99. The summed E-state index contributed by atoms with van der Waals surface area (Å²) in [6, 6.07) is 3.88. The second-order valence-corrected chi connectivity index (χ2v) is 7.21. The van der Waals surface area contributed by atoms with Gasteiger partial charge in [0.15, 0.2) is 0 Å². The van der Waals surface area contributed by atoms with Crippen molar-refractivity contribution < 1.29 is 9.90 Å². The average Bonchev–Trinajstić information content (AvgIpc) is 2.83.